The third-order valence-corrected chi connectivity index (χ3v) is 4.69. The monoisotopic (exact) mass is 277 g/mol. The Bertz CT molecular complexity index is 502. The summed E-state index contributed by atoms with van der Waals surface area (Å²) in [6.45, 7) is 0.270. The molecule has 3 saturated heterocycles. The maximum Gasteiger partial charge on any atom is 0.233 e. The molecular weight excluding hydrogens is 262 g/mol. The fourth-order valence-corrected chi connectivity index (χ4v) is 3.63. The largest absolute Gasteiger partial charge is 0.343 e. The lowest BCUT2D eigenvalue weighted by atomic mass is 9.85. The topological polar surface area (TPSA) is 72.9 Å². The molecule has 2 bridgehead atoms. The number of ketones is 1. The lowest BCUT2D eigenvalue weighted by molar-refractivity contribution is -0.163. The average Bonchev–Trinajstić information content (AvgIpc) is 2.99. The zero-order chi connectivity index (χ0) is 13.9. The number of Topliss-reactive ketones (excluding diaryl/α,β-unsaturated/α-hetero) is 1. The van der Waals surface area contributed by atoms with Crippen LogP contribution in [0.2, 0.25) is 0 Å². The van der Waals surface area contributed by atoms with Crippen LogP contribution in [0.3, 0.4) is 0 Å². The van der Waals surface area contributed by atoms with Gasteiger partial charge in [0.2, 0.25) is 18.1 Å². The van der Waals surface area contributed by atoms with E-state index in [0.717, 1.165) is 0 Å². The minimum atomic E-state index is -0.798. The molecule has 3 heterocycles. The molecule has 6 heteroatoms. The van der Waals surface area contributed by atoms with Crippen molar-refractivity contribution >= 4 is 17.6 Å². The van der Waals surface area contributed by atoms with Crippen molar-refractivity contribution in [3.05, 3.63) is 12.2 Å². The van der Waals surface area contributed by atoms with Crippen LogP contribution >= 0.6 is 0 Å². The average molecular weight is 277 g/mol. The molecular formula is C14H15NO5. The van der Waals surface area contributed by atoms with E-state index in [1.807, 2.05) is 12.2 Å². The van der Waals surface area contributed by atoms with Gasteiger partial charge in [0.15, 0.2) is 5.78 Å². The molecule has 3 fully saturated rings. The number of nitrogens with zero attached hydrogens (tertiary/aromatic N) is 1. The number of fused-ring (bicyclic) bond motifs is 3. The number of hydrogen-bond donors (Lipinski definition) is 0. The highest BCUT2D eigenvalue weighted by atomic mass is 16.7. The van der Waals surface area contributed by atoms with E-state index in [2.05, 4.69) is 0 Å². The van der Waals surface area contributed by atoms with Gasteiger partial charge >= 0.3 is 0 Å². The van der Waals surface area contributed by atoms with E-state index in [0.29, 0.717) is 12.8 Å². The van der Waals surface area contributed by atoms with Gasteiger partial charge in [-0.3, -0.25) is 19.3 Å². The van der Waals surface area contributed by atoms with Gasteiger partial charge in [-0.05, 0) is 12.8 Å². The Balaban J connectivity index is 1.64. The minimum absolute atomic E-state index is 0.152. The fourth-order valence-electron chi connectivity index (χ4n) is 3.63. The number of rotatable bonds is 1. The van der Waals surface area contributed by atoms with E-state index in [9.17, 15) is 14.4 Å². The van der Waals surface area contributed by atoms with Crippen LogP contribution in [-0.2, 0) is 23.9 Å². The molecule has 0 N–H and O–H groups in total. The van der Waals surface area contributed by atoms with Crippen molar-refractivity contribution in [2.24, 2.45) is 11.8 Å². The second-order valence-corrected chi connectivity index (χ2v) is 5.78. The number of hydrogen-bond acceptors (Lipinski definition) is 5. The van der Waals surface area contributed by atoms with Gasteiger partial charge in [-0.2, -0.15) is 0 Å². The van der Waals surface area contributed by atoms with Crippen LogP contribution in [-0.4, -0.2) is 47.5 Å². The molecule has 0 unspecified atom stereocenters. The molecule has 3 aliphatic heterocycles. The first-order valence-corrected chi connectivity index (χ1v) is 6.98. The quantitative estimate of drug-likeness (QED) is 0.499. The van der Waals surface area contributed by atoms with Crippen LogP contribution in [0.1, 0.15) is 19.3 Å². The Morgan fingerprint density at radius 3 is 2.35 bits per heavy atom. The second kappa shape index (κ2) is 4.23. The van der Waals surface area contributed by atoms with Crippen LogP contribution < -0.4 is 0 Å². The molecule has 5 atom stereocenters. The third-order valence-electron chi connectivity index (χ3n) is 4.69. The molecule has 4 aliphatic rings. The zero-order valence-electron chi connectivity index (χ0n) is 10.9. The SMILES string of the molecule is O=C1C[C@@H](N2C(=O)[C@@H]3CC=CC[C@H]3C2=O)[C@@H]2CO[C@@H]1O2. The van der Waals surface area contributed by atoms with Crippen LogP contribution in [0.25, 0.3) is 0 Å². The molecule has 0 radical (unpaired) electrons. The van der Waals surface area contributed by atoms with Crippen LogP contribution in [0.4, 0.5) is 0 Å². The summed E-state index contributed by atoms with van der Waals surface area (Å²) in [7, 11) is 0. The fraction of sp³-hybridized carbons (Fsp3) is 0.643. The summed E-state index contributed by atoms with van der Waals surface area (Å²) >= 11 is 0. The minimum Gasteiger partial charge on any atom is -0.343 e. The number of ether oxygens (including phenoxy) is 2. The Morgan fingerprint density at radius 1 is 1.05 bits per heavy atom. The molecule has 4 rings (SSSR count). The van der Waals surface area contributed by atoms with Crippen molar-refractivity contribution in [2.75, 3.05) is 6.61 Å². The van der Waals surface area contributed by atoms with Crippen LogP contribution in [0, 0.1) is 11.8 Å². The Hall–Kier alpha value is -1.53. The Morgan fingerprint density at radius 2 is 1.70 bits per heavy atom. The molecule has 0 saturated carbocycles. The Kier molecular flexibility index (Phi) is 2.59. The molecule has 2 amide bonds. The van der Waals surface area contributed by atoms with Gasteiger partial charge in [-0.25, -0.2) is 0 Å². The lowest BCUT2D eigenvalue weighted by Gasteiger charge is -2.32. The molecule has 0 aromatic heterocycles. The Labute approximate surface area is 115 Å². The summed E-state index contributed by atoms with van der Waals surface area (Å²) < 4.78 is 10.7. The van der Waals surface area contributed by atoms with Gasteiger partial charge in [0.1, 0.15) is 6.10 Å². The van der Waals surface area contributed by atoms with Crippen LogP contribution in [0.15, 0.2) is 12.2 Å². The maximum atomic E-state index is 12.5. The van der Waals surface area contributed by atoms with E-state index < -0.39 is 12.3 Å². The summed E-state index contributed by atoms with van der Waals surface area (Å²) in [5, 5.41) is 0. The van der Waals surface area contributed by atoms with Gasteiger partial charge in [0, 0.05) is 6.42 Å². The first kappa shape index (κ1) is 12.2. The summed E-state index contributed by atoms with van der Waals surface area (Å²) in [6.07, 6.45) is 4.11. The smallest absolute Gasteiger partial charge is 0.233 e. The van der Waals surface area contributed by atoms with Gasteiger partial charge in [-0.15, -0.1) is 0 Å². The predicted molar refractivity (Wildman–Crippen MR) is 65.2 cm³/mol. The second-order valence-electron chi connectivity index (χ2n) is 5.78. The molecule has 6 nitrogen and oxygen atoms in total. The van der Waals surface area contributed by atoms with Crippen molar-refractivity contribution in [3.63, 3.8) is 0 Å². The number of carbonyl (C=O) groups excluding carboxylic acids is 3. The van der Waals surface area contributed by atoms with E-state index in [1.165, 1.54) is 4.90 Å². The van der Waals surface area contributed by atoms with Crippen molar-refractivity contribution in [1.29, 1.82) is 0 Å². The highest BCUT2D eigenvalue weighted by molar-refractivity contribution is 6.06. The van der Waals surface area contributed by atoms with Gasteiger partial charge in [-0.1, -0.05) is 12.2 Å². The van der Waals surface area contributed by atoms with Crippen molar-refractivity contribution in [2.45, 2.75) is 37.7 Å². The van der Waals surface area contributed by atoms with Gasteiger partial charge in [0.25, 0.3) is 0 Å². The molecule has 20 heavy (non-hydrogen) atoms. The number of likely N-dealkylation sites (tertiary alicyclic amines) is 1. The van der Waals surface area contributed by atoms with Crippen molar-refractivity contribution < 1.29 is 23.9 Å². The number of allylic oxidation sites excluding steroid dienone is 2. The standard InChI is InChI=1S/C14H15NO5/c16-10-5-9(11-6-19-14(10)20-11)15-12(17)7-3-1-2-4-8(7)13(15)18/h1-2,7-9,11,14H,3-6H2/t7-,8-,9-,11+,14-/m1/s1. The zero-order valence-corrected chi connectivity index (χ0v) is 10.9. The molecule has 106 valence electrons. The summed E-state index contributed by atoms with van der Waals surface area (Å²) in [5.41, 5.74) is 0. The third kappa shape index (κ3) is 1.55. The lowest BCUT2D eigenvalue weighted by Crippen LogP contribution is -2.52. The number of imide groups is 1. The summed E-state index contributed by atoms with van der Waals surface area (Å²) in [6, 6.07) is -0.494. The van der Waals surface area contributed by atoms with Crippen molar-refractivity contribution in [3.8, 4) is 0 Å². The van der Waals surface area contributed by atoms with Crippen LogP contribution in [0.5, 0.6) is 0 Å². The molecule has 0 spiro atoms. The first-order chi connectivity index (χ1) is 9.66. The van der Waals surface area contributed by atoms with E-state index in [4.69, 9.17) is 9.47 Å². The first-order valence-electron chi connectivity index (χ1n) is 6.98. The maximum absolute atomic E-state index is 12.5. The van der Waals surface area contributed by atoms with Gasteiger partial charge < -0.3 is 9.47 Å². The van der Waals surface area contributed by atoms with E-state index in [-0.39, 0.29) is 48.6 Å². The summed E-state index contributed by atoms with van der Waals surface area (Å²) in [4.78, 5) is 38.1. The van der Waals surface area contributed by atoms with Gasteiger partial charge in [0.05, 0.1) is 24.5 Å². The van der Waals surface area contributed by atoms with E-state index >= 15 is 0 Å². The highest BCUT2D eigenvalue weighted by Gasteiger charge is 2.55. The molecule has 1 aliphatic carbocycles. The predicted octanol–water partition coefficient (Wildman–Crippen LogP) is 0.0205. The normalized spacial score (nSPS) is 43.3. The number of amides is 2. The van der Waals surface area contributed by atoms with E-state index in [1.54, 1.807) is 0 Å². The summed E-state index contributed by atoms with van der Waals surface area (Å²) in [5.74, 6) is -1.02. The van der Waals surface area contributed by atoms with Crippen molar-refractivity contribution in [1.82, 2.24) is 4.90 Å². The molecule has 0 aromatic carbocycles. The number of carbonyl (C=O) groups is 3. The molecule has 0 aromatic rings. The highest BCUT2D eigenvalue weighted by Crippen LogP contribution is 2.39.